The minimum atomic E-state index is -4.75. The number of hydrogen-bond donors (Lipinski definition) is 2. The molecule has 0 aromatic heterocycles. The minimum Gasteiger partial charge on any atom is -0.298 e. The topological polar surface area (TPSA) is 88.7 Å². The van der Waals surface area contributed by atoms with Gasteiger partial charge in [0.1, 0.15) is 0 Å². The third-order valence-corrected chi connectivity index (χ3v) is 3.76. The van der Waals surface area contributed by atoms with Crippen molar-refractivity contribution >= 4 is 34.8 Å². The molecule has 26 heavy (non-hydrogen) atoms. The monoisotopic (exact) mass is 398 g/mol. The summed E-state index contributed by atoms with van der Waals surface area (Å²) < 4.78 is 39.3. The fraction of sp³-hybridized carbons (Fsp3) is 0.0625. The molecular formula is C16H7Cl2F3N4O. The normalized spacial score (nSPS) is 10.6. The van der Waals surface area contributed by atoms with E-state index >= 15 is 0 Å². The summed E-state index contributed by atoms with van der Waals surface area (Å²) in [5.41, 5.74) is 2.33. The van der Waals surface area contributed by atoms with Gasteiger partial charge in [-0.25, -0.2) is 0 Å². The summed E-state index contributed by atoms with van der Waals surface area (Å²) in [6.45, 7) is 0. The summed E-state index contributed by atoms with van der Waals surface area (Å²) in [6.07, 6.45) is -4.75. The second-order valence-electron chi connectivity index (χ2n) is 4.88. The molecule has 0 bridgehead atoms. The summed E-state index contributed by atoms with van der Waals surface area (Å²) in [4.78, 5) is 12.2. The first kappa shape index (κ1) is 19.4. The van der Waals surface area contributed by atoms with Crippen LogP contribution >= 0.6 is 23.2 Å². The van der Waals surface area contributed by atoms with Gasteiger partial charge in [-0.15, -0.1) is 0 Å². The first-order chi connectivity index (χ1) is 12.2. The van der Waals surface area contributed by atoms with Crippen molar-refractivity contribution in [2.45, 2.75) is 6.18 Å². The van der Waals surface area contributed by atoms with E-state index in [2.05, 4.69) is 10.9 Å². The Labute approximate surface area is 155 Å². The quantitative estimate of drug-likeness (QED) is 0.744. The van der Waals surface area contributed by atoms with Crippen LogP contribution < -0.4 is 10.9 Å². The van der Waals surface area contributed by atoms with Gasteiger partial charge in [-0.1, -0.05) is 23.2 Å². The molecule has 2 aromatic rings. The maximum atomic E-state index is 13.1. The molecular weight excluding hydrogens is 392 g/mol. The van der Waals surface area contributed by atoms with Crippen molar-refractivity contribution in [3.63, 3.8) is 0 Å². The molecule has 0 atom stereocenters. The van der Waals surface area contributed by atoms with Crippen molar-refractivity contribution in [2.24, 2.45) is 0 Å². The average molecular weight is 399 g/mol. The van der Waals surface area contributed by atoms with Crippen LogP contribution in [0.5, 0.6) is 0 Å². The smallest absolute Gasteiger partial charge is 0.298 e. The molecule has 2 rings (SSSR count). The Bertz CT molecular complexity index is 938. The first-order valence-electron chi connectivity index (χ1n) is 6.74. The van der Waals surface area contributed by atoms with E-state index in [1.165, 1.54) is 12.1 Å². The molecule has 0 aliphatic rings. The summed E-state index contributed by atoms with van der Waals surface area (Å²) >= 11 is 11.8. The number of nitriles is 2. The van der Waals surface area contributed by atoms with E-state index in [-0.39, 0.29) is 26.7 Å². The molecule has 0 saturated carbocycles. The summed E-state index contributed by atoms with van der Waals surface area (Å²) in [5.74, 6) is -0.901. The molecule has 5 nitrogen and oxygen atoms in total. The van der Waals surface area contributed by atoms with Crippen LogP contribution in [0.4, 0.5) is 18.9 Å². The number of hydrazine groups is 1. The van der Waals surface area contributed by atoms with Crippen LogP contribution in [0.25, 0.3) is 0 Å². The average Bonchev–Trinajstić information content (AvgIpc) is 2.58. The second kappa shape index (κ2) is 7.52. The minimum absolute atomic E-state index is 0.121. The molecule has 0 saturated heterocycles. The lowest BCUT2D eigenvalue weighted by Gasteiger charge is -2.16. The first-order valence-corrected chi connectivity index (χ1v) is 7.49. The highest BCUT2D eigenvalue weighted by molar-refractivity contribution is 6.39. The van der Waals surface area contributed by atoms with E-state index < -0.39 is 23.3 Å². The third kappa shape index (κ3) is 4.17. The number of anilines is 1. The maximum Gasteiger partial charge on any atom is 0.418 e. The van der Waals surface area contributed by atoms with Gasteiger partial charge in [0.05, 0.1) is 50.1 Å². The lowest BCUT2D eigenvalue weighted by atomic mass is 10.1. The standard InChI is InChI=1S/C16H7Cl2F3N4O/c17-11-4-9(7-23)5-12(18)14(11)15(26)25-24-13-2-1-8(6-22)3-10(13)16(19,20)21/h1-5,24H,(H,25,26). The highest BCUT2D eigenvalue weighted by Gasteiger charge is 2.34. The third-order valence-electron chi connectivity index (χ3n) is 3.16. The van der Waals surface area contributed by atoms with Gasteiger partial charge in [-0.2, -0.15) is 23.7 Å². The number of halogens is 5. The number of carbonyl (C=O) groups is 1. The molecule has 0 radical (unpaired) electrons. The number of amides is 1. The zero-order chi connectivity index (χ0) is 19.5. The van der Waals surface area contributed by atoms with E-state index in [4.69, 9.17) is 33.7 Å². The molecule has 132 valence electrons. The van der Waals surface area contributed by atoms with Gasteiger partial charge < -0.3 is 0 Å². The van der Waals surface area contributed by atoms with Crippen LogP contribution in [0.15, 0.2) is 30.3 Å². The van der Waals surface area contributed by atoms with Crippen LogP contribution in [0.3, 0.4) is 0 Å². The fourth-order valence-electron chi connectivity index (χ4n) is 2.00. The van der Waals surface area contributed by atoms with E-state index in [1.54, 1.807) is 12.1 Å². The summed E-state index contributed by atoms with van der Waals surface area (Å²) in [5, 5.41) is 17.3. The second-order valence-corrected chi connectivity index (χ2v) is 5.69. The van der Waals surface area contributed by atoms with Crippen molar-refractivity contribution < 1.29 is 18.0 Å². The van der Waals surface area contributed by atoms with Crippen molar-refractivity contribution in [1.29, 1.82) is 10.5 Å². The van der Waals surface area contributed by atoms with E-state index in [9.17, 15) is 18.0 Å². The maximum absolute atomic E-state index is 13.1. The zero-order valence-corrected chi connectivity index (χ0v) is 14.1. The van der Waals surface area contributed by atoms with Crippen molar-refractivity contribution in [1.82, 2.24) is 5.43 Å². The number of rotatable bonds is 3. The molecule has 1 amide bonds. The Morgan fingerprint density at radius 2 is 1.58 bits per heavy atom. The molecule has 0 fully saturated rings. The van der Waals surface area contributed by atoms with Gasteiger partial charge in [0.2, 0.25) is 0 Å². The van der Waals surface area contributed by atoms with Gasteiger partial charge >= 0.3 is 6.18 Å². The van der Waals surface area contributed by atoms with E-state index in [0.29, 0.717) is 6.07 Å². The van der Waals surface area contributed by atoms with Gasteiger partial charge in [-0.05, 0) is 30.3 Å². The Balaban J connectivity index is 2.29. The van der Waals surface area contributed by atoms with E-state index in [0.717, 1.165) is 12.1 Å². The van der Waals surface area contributed by atoms with Gasteiger partial charge in [0.25, 0.3) is 5.91 Å². The molecule has 10 heteroatoms. The summed E-state index contributed by atoms with van der Waals surface area (Å²) in [6, 6.07) is 8.62. The Morgan fingerprint density at radius 1 is 1.00 bits per heavy atom. The molecule has 0 aliphatic carbocycles. The number of hydrogen-bond acceptors (Lipinski definition) is 4. The molecule has 2 aromatic carbocycles. The molecule has 0 aliphatic heterocycles. The largest absolute Gasteiger partial charge is 0.418 e. The predicted octanol–water partition coefficient (Wildman–Crippen LogP) is 4.51. The number of alkyl halides is 3. The molecule has 0 spiro atoms. The number of benzene rings is 2. The molecule has 0 unspecified atom stereocenters. The van der Waals surface area contributed by atoms with Gasteiger partial charge in [0.15, 0.2) is 0 Å². The number of nitrogens with zero attached hydrogens (tertiary/aromatic N) is 2. The highest BCUT2D eigenvalue weighted by Crippen LogP contribution is 2.35. The predicted molar refractivity (Wildman–Crippen MR) is 88.4 cm³/mol. The van der Waals surface area contributed by atoms with Crippen LogP contribution in [0.2, 0.25) is 10.0 Å². The Kier molecular flexibility index (Phi) is 5.61. The highest BCUT2D eigenvalue weighted by atomic mass is 35.5. The Morgan fingerprint density at radius 3 is 2.08 bits per heavy atom. The van der Waals surface area contributed by atoms with Gasteiger partial charge in [0, 0.05) is 0 Å². The van der Waals surface area contributed by atoms with Crippen LogP contribution in [-0.4, -0.2) is 5.91 Å². The van der Waals surface area contributed by atoms with Crippen molar-refractivity contribution in [3.8, 4) is 12.1 Å². The molecule has 0 heterocycles. The van der Waals surface area contributed by atoms with Crippen LogP contribution in [0, 0.1) is 22.7 Å². The van der Waals surface area contributed by atoms with Crippen LogP contribution in [-0.2, 0) is 6.18 Å². The number of carbonyl (C=O) groups excluding carboxylic acids is 1. The van der Waals surface area contributed by atoms with E-state index in [1.807, 2.05) is 0 Å². The number of nitrogens with one attached hydrogen (secondary N) is 2. The van der Waals surface area contributed by atoms with Crippen molar-refractivity contribution in [2.75, 3.05) is 5.43 Å². The SMILES string of the molecule is N#Cc1cc(Cl)c(C(=O)NNc2ccc(C#N)cc2C(F)(F)F)c(Cl)c1. The molecule has 2 N–H and O–H groups in total. The lowest BCUT2D eigenvalue weighted by molar-refractivity contribution is -0.137. The van der Waals surface area contributed by atoms with Crippen molar-refractivity contribution in [3.05, 3.63) is 62.6 Å². The lowest BCUT2D eigenvalue weighted by Crippen LogP contribution is -2.31. The summed E-state index contributed by atoms with van der Waals surface area (Å²) in [7, 11) is 0. The fourth-order valence-corrected chi connectivity index (χ4v) is 2.66. The van der Waals surface area contributed by atoms with Crippen LogP contribution in [0.1, 0.15) is 27.0 Å². The Hall–Kier alpha value is -2.94. The zero-order valence-electron chi connectivity index (χ0n) is 12.6. The van der Waals surface area contributed by atoms with Gasteiger partial charge in [-0.3, -0.25) is 15.6 Å².